The molecular formula is C11H8O4S. The van der Waals surface area contributed by atoms with Crippen LogP contribution >= 0.6 is 11.3 Å². The largest absolute Gasteiger partial charge is 0.481 e. The van der Waals surface area contributed by atoms with Crippen LogP contribution < -0.4 is 9.48 Å². The molecule has 0 radical (unpaired) electrons. The molecule has 1 aromatic carbocycles. The second-order valence-electron chi connectivity index (χ2n) is 3.11. The Labute approximate surface area is 94.7 Å². The fourth-order valence-corrected chi connectivity index (χ4v) is 2.15. The Morgan fingerprint density at radius 1 is 1.38 bits per heavy atom. The van der Waals surface area contributed by atoms with Gasteiger partial charge in [0.05, 0.1) is 0 Å². The molecule has 1 aromatic heterocycles. The zero-order chi connectivity index (χ0) is 11.5. The van der Waals surface area contributed by atoms with Gasteiger partial charge in [-0.1, -0.05) is 23.5 Å². The molecule has 1 N–H and O–H groups in total. The highest BCUT2D eigenvalue weighted by atomic mass is 32.1. The number of ether oxygens (including phenoxy) is 1. The van der Waals surface area contributed by atoms with Gasteiger partial charge in [0.2, 0.25) is 4.74 Å². The van der Waals surface area contributed by atoms with Gasteiger partial charge >= 0.3 is 5.97 Å². The molecule has 0 atom stereocenters. The highest BCUT2D eigenvalue weighted by molar-refractivity contribution is 7.16. The SMILES string of the molecule is O=C(O)COc1cc(=O)sc2ccccc12. The van der Waals surface area contributed by atoms with Crippen molar-refractivity contribution in [2.24, 2.45) is 0 Å². The lowest BCUT2D eigenvalue weighted by Crippen LogP contribution is -2.10. The maximum atomic E-state index is 11.3. The maximum absolute atomic E-state index is 11.3. The van der Waals surface area contributed by atoms with Crippen molar-refractivity contribution in [3.05, 3.63) is 39.9 Å². The van der Waals surface area contributed by atoms with E-state index in [9.17, 15) is 9.59 Å². The van der Waals surface area contributed by atoms with Crippen LogP contribution in [0, 0.1) is 0 Å². The number of hydrogen-bond donors (Lipinski definition) is 1. The monoisotopic (exact) mass is 236 g/mol. The summed E-state index contributed by atoms with van der Waals surface area (Å²) in [7, 11) is 0. The number of benzene rings is 1. The quantitative estimate of drug-likeness (QED) is 0.881. The zero-order valence-electron chi connectivity index (χ0n) is 8.17. The van der Waals surface area contributed by atoms with Crippen LogP contribution in [0.15, 0.2) is 35.1 Å². The molecule has 4 nitrogen and oxygen atoms in total. The van der Waals surface area contributed by atoms with Gasteiger partial charge in [-0.2, -0.15) is 0 Å². The van der Waals surface area contributed by atoms with Crippen LogP contribution in [0.2, 0.25) is 0 Å². The smallest absolute Gasteiger partial charge is 0.341 e. The minimum atomic E-state index is -1.07. The van der Waals surface area contributed by atoms with E-state index in [1.54, 1.807) is 12.1 Å². The number of aliphatic carboxylic acids is 1. The molecule has 0 saturated carbocycles. The van der Waals surface area contributed by atoms with Crippen molar-refractivity contribution in [2.75, 3.05) is 6.61 Å². The van der Waals surface area contributed by atoms with Gasteiger partial charge in [-0.3, -0.25) is 4.79 Å². The molecule has 1 heterocycles. The molecule has 0 bridgehead atoms. The molecule has 16 heavy (non-hydrogen) atoms. The predicted octanol–water partition coefficient (Wildman–Crippen LogP) is 1.72. The molecule has 0 aliphatic rings. The number of hydrogen-bond acceptors (Lipinski definition) is 4. The molecular weight excluding hydrogens is 228 g/mol. The summed E-state index contributed by atoms with van der Waals surface area (Å²) in [5.74, 6) is -0.745. The third-order valence-electron chi connectivity index (χ3n) is 1.96. The van der Waals surface area contributed by atoms with Crippen LogP contribution in [0.25, 0.3) is 10.1 Å². The Morgan fingerprint density at radius 3 is 2.88 bits per heavy atom. The van der Waals surface area contributed by atoms with Gasteiger partial charge in [-0.05, 0) is 12.1 Å². The van der Waals surface area contributed by atoms with E-state index in [2.05, 4.69) is 0 Å². The van der Waals surface area contributed by atoms with Crippen LogP contribution in [-0.4, -0.2) is 17.7 Å². The molecule has 82 valence electrons. The first kappa shape index (κ1) is 10.6. The van der Waals surface area contributed by atoms with Crippen molar-refractivity contribution >= 4 is 27.4 Å². The summed E-state index contributed by atoms with van der Waals surface area (Å²) >= 11 is 1.11. The minimum Gasteiger partial charge on any atom is -0.481 e. The van der Waals surface area contributed by atoms with Gasteiger partial charge in [-0.25, -0.2) is 4.79 Å². The molecule has 0 aliphatic heterocycles. The van der Waals surface area contributed by atoms with Gasteiger partial charge in [0.1, 0.15) is 5.75 Å². The van der Waals surface area contributed by atoms with Crippen molar-refractivity contribution in [1.29, 1.82) is 0 Å². The summed E-state index contributed by atoms with van der Waals surface area (Å²) in [6.07, 6.45) is 0. The van der Waals surface area contributed by atoms with Crippen molar-refractivity contribution in [2.45, 2.75) is 0 Å². The van der Waals surface area contributed by atoms with E-state index in [1.165, 1.54) is 6.07 Å². The number of carboxylic acids is 1. The van der Waals surface area contributed by atoms with Gasteiger partial charge in [0.25, 0.3) is 0 Å². The molecule has 0 amide bonds. The second kappa shape index (κ2) is 4.32. The molecule has 2 aromatic rings. The normalized spacial score (nSPS) is 10.2. The first-order valence-corrected chi connectivity index (χ1v) is 5.36. The molecule has 0 spiro atoms. The third kappa shape index (κ3) is 2.20. The fraction of sp³-hybridized carbons (Fsp3) is 0.0909. The lowest BCUT2D eigenvalue weighted by atomic mass is 10.2. The summed E-state index contributed by atoms with van der Waals surface area (Å²) in [5, 5.41) is 9.27. The van der Waals surface area contributed by atoms with Gasteiger partial charge in [0, 0.05) is 16.2 Å². The fourth-order valence-electron chi connectivity index (χ4n) is 1.34. The van der Waals surface area contributed by atoms with E-state index in [1.807, 2.05) is 12.1 Å². The highest BCUT2D eigenvalue weighted by Crippen LogP contribution is 2.25. The molecule has 0 aliphatic carbocycles. The first-order chi connectivity index (χ1) is 7.66. The van der Waals surface area contributed by atoms with E-state index in [-0.39, 0.29) is 4.74 Å². The highest BCUT2D eigenvalue weighted by Gasteiger charge is 2.06. The maximum Gasteiger partial charge on any atom is 0.341 e. The molecule has 0 fully saturated rings. The van der Waals surface area contributed by atoms with Crippen LogP contribution in [0.5, 0.6) is 5.75 Å². The molecule has 0 unspecified atom stereocenters. The molecule has 5 heteroatoms. The number of carboxylic acid groups (broad SMARTS) is 1. The lowest BCUT2D eigenvalue weighted by Gasteiger charge is -2.05. The Hall–Kier alpha value is -1.88. The molecule has 2 rings (SSSR count). The average molecular weight is 236 g/mol. The van der Waals surface area contributed by atoms with Crippen LogP contribution in [-0.2, 0) is 4.79 Å². The van der Waals surface area contributed by atoms with Crippen molar-refractivity contribution in [3.8, 4) is 5.75 Å². The van der Waals surface area contributed by atoms with Crippen molar-refractivity contribution in [1.82, 2.24) is 0 Å². The van der Waals surface area contributed by atoms with Gasteiger partial charge in [0.15, 0.2) is 6.61 Å². The van der Waals surface area contributed by atoms with E-state index in [0.29, 0.717) is 5.75 Å². The summed E-state index contributed by atoms with van der Waals surface area (Å²) in [5.41, 5.74) is 0. The van der Waals surface area contributed by atoms with E-state index in [4.69, 9.17) is 9.84 Å². The average Bonchev–Trinajstić information content (AvgIpc) is 2.25. The Bertz CT molecular complexity index is 588. The van der Waals surface area contributed by atoms with Crippen LogP contribution in [0.4, 0.5) is 0 Å². The second-order valence-corrected chi connectivity index (χ2v) is 4.15. The van der Waals surface area contributed by atoms with Crippen LogP contribution in [0.1, 0.15) is 0 Å². The lowest BCUT2D eigenvalue weighted by molar-refractivity contribution is -0.139. The Balaban J connectivity index is 2.50. The zero-order valence-corrected chi connectivity index (χ0v) is 8.99. The number of rotatable bonds is 3. The van der Waals surface area contributed by atoms with E-state index >= 15 is 0 Å². The standard InChI is InChI=1S/C11H8O4S/c12-10(13)6-15-8-5-11(14)16-9-4-2-1-3-7(8)9/h1-5H,6H2,(H,12,13). The molecule has 0 saturated heterocycles. The summed E-state index contributed by atoms with van der Waals surface area (Å²) < 4.78 is 5.70. The predicted molar refractivity (Wildman–Crippen MR) is 61.2 cm³/mol. The number of fused-ring (bicyclic) bond motifs is 1. The van der Waals surface area contributed by atoms with Crippen molar-refractivity contribution < 1.29 is 14.6 Å². The minimum absolute atomic E-state index is 0.154. The van der Waals surface area contributed by atoms with Crippen LogP contribution in [0.3, 0.4) is 0 Å². The van der Waals surface area contributed by atoms with E-state index < -0.39 is 12.6 Å². The topological polar surface area (TPSA) is 63.6 Å². The first-order valence-electron chi connectivity index (χ1n) is 4.54. The van der Waals surface area contributed by atoms with Crippen molar-refractivity contribution in [3.63, 3.8) is 0 Å². The summed E-state index contributed by atoms with van der Waals surface area (Å²) in [4.78, 5) is 21.7. The Kier molecular flexibility index (Phi) is 2.87. The van der Waals surface area contributed by atoms with Gasteiger partial charge in [-0.15, -0.1) is 0 Å². The summed E-state index contributed by atoms with van der Waals surface area (Å²) in [6.45, 7) is -0.446. The van der Waals surface area contributed by atoms with Gasteiger partial charge < -0.3 is 9.84 Å². The summed E-state index contributed by atoms with van der Waals surface area (Å²) in [6, 6.07) is 8.54. The number of carbonyl (C=O) groups is 1. The third-order valence-corrected chi connectivity index (χ3v) is 2.86. The Morgan fingerprint density at radius 2 is 2.12 bits per heavy atom. The van der Waals surface area contributed by atoms with E-state index in [0.717, 1.165) is 21.4 Å².